The first kappa shape index (κ1) is 22.0. The summed E-state index contributed by atoms with van der Waals surface area (Å²) in [5.74, 6) is 1.02. The maximum Gasteiger partial charge on any atom is 0.410 e. The molecule has 0 bridgehead atoms. The third-order valence-corrected chi connectivity index (χ3v) is 4.70. The lowest BCUT2D eigenvalue weighted by atomic mass is 9.97. The first-order valence-corrected chi connectivity index (χ1v) is 9.82. The number of benzene rings is 1. The van der Waals surface area contributed by atoms with E-state index in [2.05, 4.69) is 10.3 Å². The van der Waals surface area contributed by atoms with E-state index in [-0.39, 0.29) is 11.9 Å². The Morgan fingerprint density at radius 2 is 2.04 bits per heavy atom. The Morgan fingerprint density at radius 3 is 2.61 bits per heavy atom. The van der Waals surface area contributed by atoms with E-state index >= 15 is 0 Å². The van der Waals surface area contributed by atoms with E-state index in [1.807, 2.05) is 38.8 Å². The van der Waals surface area contributed by atoms with Crippen molar-refractivity contribution in [2.24, 2.45) is 10.9 Å². The van der Waals surface area contributed by atoms with Crippen LogP contribution in [0.15, 0.2) is 29.3 Å². The molecule has 0 aromatic heterocycles. The van der Waals surface area contributed by atoms with E-state index in [0.717, 1.165) is 30.9 Å². The fourth-order valence-corrected chi connectivity index (χ4v) is 3.25. The number of hydrogen-bond acceptors (Lipinski definition) is 3. The summed E-state index contributed by atoms with van der Waals surface area (Å²) in [4.78, 5) is 20.2. The van der Waals surface area contributed by atoms with Crippen molar-refractivity contribution in [2.75, 3.05) is 33.7 Å². The highest BCUT2D eigenvalue weighted by molar-refractivity contribution is 5.79. The normalized spacial score (nSPS) is 16.1. The summed E-state index contributed by atoms with van der Waals surface area (Å²) in [5, 5.41) is 3.40. The number of nitrogens with zero attached hydrogens (tertiary/aromatic N) is 3. The largest absolute Gasteiger partial charge is 0.444 e. The lowest BCUT2D eigenvalue weighted by molar-refractivity contribution is 0.0185. The molecule has 0 spiro atoms. The maximum absolute atomic E-state index is 13.4. The topological polar surface area (TPSA) is 57.2 Å². The van der Waals surface area contributed by atoms with Crippen LogP contribution in [-0.4, -0.2) is 61.2 Å². The number of halogens is 1. The Bertz CT molecular complexity index is 679. The second kappa shape index (κ2) is 9.75. The summed E-state index contributed by atoms with van der Waals surface area (Å²) in [6.07, 6.45) is 1.62. The summed E-state index contributed by atoms with van der Waals surface area (Å²) >= 11 is 0. The molecule has 1 amide bonds. The van der Waals surface area contributed by atoms with Crippen molar-refractivity contribution in [3.8, 4) is 0 Å². The fraction of sp³-hybridized carbons (Fsp3) is 0.619. The van der Waals surface area contributed by atoms with Crippen molar-refractivity contribution in [3.63, 3.8) is 0 Å². The summed E-state index contributed by atoms with van der Waals surface area (Å²) in [6, 6.07) is 6.60. The van der Waals surface area contributed by atoms with Gasteiger partial charge in [-0.1, -0.05) is 12.1 Å². The molecule has 1 saturated heterocycles. The van der Waals surface area contributed by atoms with E-state index in [4.69, 9.17) is 4.74 Å². The summed E-state index contributed by atoms with van der Waals surface area (Å²) < 4.78 is 18.8. The van der Waals surface area contributed by atoms with Crippen LogP contribution in [0, 0.1) is 11.7 Å². The molecule has 0 unspecified atom stereocenters. The highest BCUT2D eigenvalue weighted by Crippen LogP contribution is 2.19. The van der Waals surface area contributed by atoms with E-state index in [1.165, 1.54) is 12.1 Å². The van der Waals surface area contributed by atoms with Gasteiger partial charge in [0.05, 0.1) is 0 Å². The number of hydrogen-bond donors (Lipinski definition) is 1. The number of rotatable bonds is 4. The smallest absolute Gasteiger partial charge is 0.410 e. The van der Waals surface area contributed by atoms with Gasteiger partial charge in [-0.3, -0.25) is 4.99 Å². The van der Waals surface area contributed by atoms with Crippen LogP contribution in [0.5, 0.6) is 0 Å². The zero-order chi connectivity index (χ0) is 20.7. The number of guanidine groups is 1. The Hall–Kier alpha value is -2.31. The molecule has 0 radical (unpaired) electrons. The van der Waals surface area contributed by atoms with Gasteiger partial charge in [-0.2, -0.15) is 0 Å². The summed E-state index contributed by atoms with van der Waals surface area (Å²) in [6.45, 7) is 8.43. The van der Waals surface area contributed by atoms with Gasteiger partial charge in [-0.15, -0.1) is 0 Å². The molecule has 28 heavy (non-hydrogen) atoms. The molecule has 1 aromatic carbocycles. The highest BCUT2D eigenvalue weighted by Gasteiger charge is 2.27. The molecule has 0 aliphatic carbocycles. The van der Waals surface area contributed by atoms with Gasteiger partial charge in [0, 0.05) is 40.3 Å². The van der Waals surface area contributed by atoms with Crippen LogP contribution in [0.3, 0.4) is 0 Å². The molecule has 1 fully saturated rings. The number of amides is 1. The lowest BCUT2D eigenvalue weighted by Crippen LogP contribution is -2.45. The van der Waals surface area contributed by atoms with Crippen LogP contribution in [0.2, 0.25) is 0 Å². The average molecular weight is 393 g/mol. The molecule has 1 heterocycles. The number of likely N-dealkylation sites (tertiary alicyclic amines) is 1. The third kappa shape index (κ3) is 7.02. The lowest BCUT2D eigenvalue weighted by Gasteiger charge is -2.34. The van der Waals surface area contributed by atoms with E-state index in [1.54, 1.807) is 18.0 Å². The van der Waals surface area contributed by atoms with Gasteiger partial charge in [-0.25, -0.2) is 9.18 Å². The second-order valence-corrected chi connectivity index (χ2v) is 8.32. The second-order valence-electron chi connectivity index (χ2n) is 8.32. The van der Waals surface area contributed by atoms with Crippen LogP contribution in [0.4, 0.5) is 9.18 Å². The van der Waals surface area contributed by atoms with Crippen LogP contribution >= 0.6 is 0 Å². The van der Waals surface area contributed by atoms with Crippen molar-refractivity contribution in [1.82, 2.24) is 15.1 Å². The van der Waals surface area contributed by atoms with Crippen LogP contribution < -0.4 is 5.32 Å². The van der Waals surface area contributed by atoms with Crippen LogP contribution in [0.25, 0.3) is 0 Å². The Balaban J connectivity index is 1.77. The van der Waals surface area contributed by atoms with E-state index < -0.39 is 5.60 Å². The molecule has 2 rings (SSSR count). The van der Waals surface area contributed by atoms with Crippen LogP contribution in [0.1, 0.15) is 39.2 Å². The molecule has 0 atom stereocenters. The minimum Gasteiger partial charge on any atom is -0.444 e. The Morgan fingerprint density at radius 1 is 1.36 bits per heavy atom. The summed E-state index contributed by atoms with van der Waals surface area (Å²) in [5.41, 5.74) is 0.435. The number of nitrogens with one attached hydrogen (secondary N) is 1. The number of carbonyl (C=O) groups is 1. The van der Waals surface area contributed by atoms with Gasteiger partial charge in [0.1, 0.15) is 11.4 Å². The van der Waals surface area contributed by atoms with Crippen molar-refractivity contribution in [1.29, 1.82) is 0 Å². The predicted octanol–water partition coefficient (Wildman–Crippen LogP) is 3.48. The Kier molecular flexibility index (Phi) is 7.66. The SMILES string of the molecule is CN=C(NCC1CCN(C(=O)OC(C)(C)C)CC1)N(C)Cc1cccc(F)c1. The highest BCUT2D eigenvalue weighted by atomic mass is 19.1. The number of aliphatic imine (C=N–C) groups is 1. The molecule has 156 valence electrons. The standard InChI is InChI=1S/C21H33FN4O2/c1-21(2,3)28-20(27)26-11-9-16(10-12-26)14-24-19(23-4)25(5)15-17-7-6-8-18(22)13-17/h6-8,13,16H,9-12,14-15H2,1-5H3,(H,23,24). The molecule has 1 aliphatic heterocycles. The number of piperidine rings is 1. The summed E-state index contributed by atoms with van der Waals surface area (Å²) in [7, 11) is 3.68. The van der Waals surface area contributed by atoms with Crippen molar-refractivity contribution >= 4 is 12.1 Å². The molecule has 1 N–H and O–H groups in total. The molecule has 0 saturated carbocycles. The zero-order valence-corrected chi connectivity index (χ0v) is 17.7. The van der Waals surface area contributed by atoms with E-state index in [9.17, 15) is 9.18 Å². The molecule has 1 aromatic rings. The molecule has 1 aliphatic rings. The van der Waals surface area contributed by atoms with Gasteiger partial charge >= 0.3 is 6.09 Å². The fourth-order valence-electron chi connectivity index (χ4n) is 3.25. The number of carbonyl (C=O) groups excluding carboxylic acids is 1. The monoisotopic (exact) mass is 392 g/mol. The Labute approximate surface area is 167 Å². The molecular weight excluding hydrogens is 359 g/mol. The molecule has 7 heteroatoms. The van der Waals surface area contributed by atoms with Gasteiger partial charge in [-0.05, 0) is 57.2 Å². The zero-order valence-electron chi connectivity index (χ0n) is 17.7. The van der Waals surface area contributed by atoms with Gasteiger partial charge < -0.3 is 19.9 Å². The first-order chi connectivity index (χ1) is 13.2. The van der Waals surface area contributed by atoms with Crippen molar-refractivity contribution < 1.29 is 13.9 Å². The maximum atomic E-state index is 13.4. The minimum atomic E-state index is -0.464. The third-order valence-electron chi connectivity index (χ3n) is 4.70. The van der Waals surface area contributed by atoms with Crippen molar-refractivity contribution in [2.45, 2.75) is 45.8 Å². The first-order valence-electron chi connectivity index (χ1n) is 9.82. The van der Waals surface area contributed by atoms with Crippen molar-refractivity contribution in [3.05, 3.63) is 35.6 Å². The average Bonchev–Trinajstić information content (AvgIpc) is 2.61. The number of ether oxygens (including phenoxy) is 1. The molecule has 6 nitrogen and oxygen atoms in total. The molecular formula is C21H33FN4O2. The minimum absolute atomic E-state index is 0.231. The van der Waals surface area contributed by atoms with Gasteiger partial charge in [0.2, 0.25) is 0 Å². The predicted molar refractivity (Wildman–Crippen MR) is 110 cm³/mol. The van der Waals surface area contributed by atoms with Gasteiger partial charge in [0.25, 0.3) is 0 Å². The van der Waals surface area contributed by atoms with Gasteiger partial charge in [0.15, 0.2) is 5.96 Å². The van der Waals surface area contributed by atoms with Crippen LogP contribution in [-0.2, 0) is 11.3 Å². The van der Waals surface area contributed by atoms with E-state index in [0.29, 0.717) is 25.6 Å². The quantitative estimate of drug-likeness (QED) is 0.630.